The van der Waals surface area contributed by atoms with E-state index in [9.17, 15) is 14.3 Å². The fourth-order valence-electron chi connectivity index (χ4n) is 2.01. The molecule has 0 unspecified atom stereocenters. The zero-order valence-corrected chi connectivity index (χ0v) is 11.3. The fourth-order valence-corrected chi connectivity index (χ4v) is 2.01. The Hall–Kier alpha value is -3.15. The van der Waals surface area contributed by atoms with Crippen LogP contribution < -0.4 is 0 Å². The minimum Gasteiger partial charge on any atom is -0.478 e. The summed E-state index contributed by atoms with van der Waals surface area (Å²) >= 11 is 0. The quantitative estimate of drug-likeness (QED) is 0.803. The van der Waals surface area contributed by atoms with Crippen molar-refractivity contribution >= 4 is 5.97 Å². The molecule has 0 atom stereocenters. The Morgan fingerprint density at radius 3 is 2.32 bits per heavy atom. The summed E-state index contributed by atoms with van der Waals surface area (Å²) in [6.45, 7) is 0. The molecule has 0 spiro atoms. The van der Waals surface area contributed by atoms with Crippen LogP contribution in [0, 0.1) is 5.82 Å². The molecule has 0 bridgehead atoms. The van der Waals surface area contributed by atoms with Crippen molar-refractivity contribution in [2.75, 3.05) is 0 Å². The van der Waals surface area contributed by atoms with Gasteiger partial charge in [-0.15, -0.1) is 0 Å². The summed E-state index contributed by atoms with van der Waals surface area (Å²) in [6, 6.07) is 9.03. The highest BCUT2D eigenvalue weighted by atomic mass is 19.1. The summed E-state index contributed by atoms with van der Waals surface area (Å²) in [5.74, 6) is -1.14. The lowest BCUT2D eigenvalue weighted by molar-refractivity contribution is 0.0697. The van der Waals surface area contributed by atoms with Crippen LogP contribution in [0.15, 0.2) is 55.0 Å². The van der Waals surface area contributed by atoms with E-state index in [1.807, 2.05) is 0 Å². The van der Waals surface area contributed by atoms with Crippen molar-refractivity contribution in [2.24, 2.45) is 0 Å². The van der Waals surface area contributed by atoms with Crippen LogP contribution in [0.4, 0.5) is 4.39 Å². The van der Waals surface area contributed by atoms with Gasteiger partial charge >= 0.3 is 5.97 Å². The minimum absolute atomic E-state index is 0.00272. The van der Waals surface area contributed by atoms with Crippen LogP contribution >= 0.6 is 0 Å². The molecule has 0 saturated carbocycles. The van der Waals surface area contributed by atoms with E-state index in [1.165, 1.54) is 18.3 Å². The largest absolute Gasteiger partial charge is 0.478 e. The van der Waals surface area contributed by atoms with Crippen LogP contribution in [-0.4, -0.2) is 26.0 Å². The second kappa shape index (κ2) is 5.69. The normalized spacial score (nSPS) is 10.4. The third kappa shape index (κ3) is 2.67. The molecular formula is C16H10FN3O2. The maximum absolute atomic E-state index is 13.0. The Kier molecular flexibility index (Phi) is 3.57. The van der Waals surface area contributed by atoms with Gasteiger partial charge in [0.2, 0.25) is 0 Å². The number of aromatic carboxylic acids is 1. The Morgan fingerprint density at radius 1 is 1.00 bits per heavy atom. The number of carboxylic acids is 1. The molecule has 3 rings (SSSR count). The van der Waals surface area contributed by atoms with E-state index in [0.717, 1.165) is 0 Å². The Labute approximate surface area is 125 Å². The molecule has 0 amide bonds. The average Bonchev–Trinajstić information content (AvgIpc) is 2.56. The number of pyridine rings is 1. The molecule has 1 N–H and O–H groups in total. The van der Waals surface area contributed by atoms with Gasteiger partial charge in [0.15, 0.2) is 5.82 Å². The number of benzene rings is 1. The minimum atomic E-state index is -1.11. The zero-order chi connectivity index (χ0) is 15.5. The van der Waals surface area contributed by atoms with Gasteiger partial charge in [0.05, 0.1) is 5.69 Å². The van der Waals surface area contributed by atoms with E-state index in [2.05, 4.69) is 15.0 Å². The van der Waals surface area contributed by atoms with E-state index >= 15 is 0 Å². The number of rotatable bonds is 3. The molecule has 0 aliphatic carbocycles. The van der Waals surface area contributed by atoms with Crippen LogP contribution in [0.25, 0.3) is 22.6 Å². The van der Waals surface area contributed by atoms with Gasteiger partial charge < -0.3 is 5.11 Å². The third-order valence-electron chi connectivity index (χ3n) is 3.08. The van der Waals surface area contributed by atoms with Crippen molar-refractivity contribution in [2.45, 2.75) is 0 Å². The topological polar surface area (TPSA) is 76.0 Å². The molecule has 0 aliphatic rings. The summed E-state index contributed by atoms with van der Waals surface area (Å²) < 4.78 is 13.0. The van der Waals surface area contributed by atoms with Crippen LogP contribution in [-0.2, 0) is 0 Å². The van der Waals surface area contributed by atoms with Crippen LogP contribution in [0.2, 0.25) is 0 Å². The smallest absolute Gasteiger partial charge is 0.339 e. The number of carboxylic acid groups (broad SMARTS) is 1. The first-order valence-electron chi connectivity index (χ1n) is 6.42. The van der Waals surface area contributed by atoms with E-state index < -0.39 is 5.97 Å². The second-order valence-corrected chi connectivity index (χ2v) is 4.50. The van der Waals surface area contributed by atoms with Gasteiger partial charge in [-0.3, -0.25) is 4.98 Å². The molecule has 0 saturated heterocycles. The van der Waals surface area contributed by atoms with Gasteiger partial charge in [-0.05, 0) is 36.4 Å². The van der Waals surface area contributed by atoms with Gasteiger partial charge in [0.1, 0.15) is 11.4 Å². The lowest BCUT2D eigenvalue weighted by Gasteiger charge is -2.07. The standard InChI is InChI=1S/C16H10FN3O2/c17-12-3-1-11(2-4-12)15-19-9-13(16(21)22)14(20-15)10-5-7-18-8-6-10/h1-9H,(H,21,22). The first-order valence-corrected chi connectivity index (χ1v) is 6.42. The summed E-state index contributed by atoms with van der Waals surface area (Å²) in [6.07, 6.45) is 4.37. The van der Waals surface area contributed by atoms with Crippen molar-refractivity contribution in [3.05, 3.63) is 66.4 Å². The van der Waals surface area contributed by atoms with Gasteiger partial charge in [0, 0.05) is 29.7 Å². The number of hydrogen-bond acceptors (Lipinski definition) is 4. The molecule has 5 nitrogen and oxygen atoms in total. The fraction of sp³-hybridized carbons (Fsp3) is 0. The van der Waals surface area contributed by atoms with Gasteiger partial charge in [-0.25, -0.2) is 19.2 Å². The van der Waals surface area contributed by atoms with Gasteiger partial charge in [0.25, 0.3) is 0 Å². The Morgan fingerprint density at radius 2 is 1.68 bits per heavy atom. The molecule has 2 heterocycles. The Bertz CT molecular complexity index is 821. The molecule has 2 aromatic heterocycles. The highest BCUT2D eigenvalue weighted by Gasteiger charge is 2.16. The number of aromatic nitrogens is 3. The van der Waals surface area contributed by atoms with Crippen LogP contribution in [0.1, 0.15) is 10.4 Å². The van der Waals surface area contributed by atoms with Crippen molar-refractivity contribution < 1.29 is 14.3 Å². The second-order valence-electron chi connectivity index (χ2n) is 4.50. The van der Waals surface area contributed by atoms with E-state index in [1.54, 1.807) is 36.7 Å². The summed E-state index contributed by atoms with van der Waals surface area (Å²) in [5, 5.41) is 9.28. The summed E-state index contributed by atoms with van der Waals surface area (Å²) in [4.78, 5) is 23.6. The van der Waals surface area contributed by atoms with E-state index in [-0.39, 0.29) is 11.4 Å². The SMILES string of the molecule is O=C(O)c1cnc(-c2ccc(F)cc2)nc1-c1ccncc1. The maximum Gasteiger partial charge on any atom is 0.339 e. The first kappa shape index (κ1) is 13.8. The van der Waals surface area contributed by atoms with Crippen molar-refractivity contribution in [1.82, 2.24) is 15.0 Å². The van der Waals surface area contributed by atoms with Crippen LogP contribution in [0.3, 0.4) is 0 Å². The Balaban J connectivity index is 2.16. The summed E-state index contributed by atoms with van der Waals surface area (Å²) in [5.41, 5.74) is 1.52. The molecule has 0 fully saturated rings. The van der Waals surface area contributed by atoms with Crippen molar-refractivity contribution in [3.8, 4) is 22.6 Å². The maximum atomic E-state index is 13.0. The van der Waals surface area contributed by atoms with Crippen molar-refractivity contribution in [1.29, 1.82) is 0 Å². The highest BCUT2D eigenvalue weighted by molar-refractivity contribution is 5.94. The molecule has 0 aliphatic heterocycles. The lowest BCUT2D eigenvalue weighted by Crippen LogP contribution is -2.04. The molecular weight excluding hydrogens is 285 g/mol. The number of halogens is 1. The van der Waals surface area contributed by atoms with Gasteiger partial charge in [-0.2, -0.15) is 0 Å². The number of carbonyl (C=O) groups is 1. The predicted molar refractivity (Wildman–Crippen MR) is 77.6 cm³/mol. The lowest BCUT2D eigenvalue weighted by atomic mass is 10.1. The van der Waals surface area contributed by atoms with Crippen molar-refractivity contribution in [3.63, 3.8) is 0 Å². The molecule has 3 aromatic rings. The molecule has 0 radical (unpaired) electrons. The monoisotopic (exact) mass is 295 g/mol. The number of nitrogens with zero attached hydrogens (tertiary/aromatic N) is 3. The molecule has 22 heavy (non-hydrogen) atoms. The van der Waals surface area contributed by atoms with E-state index in [4.69, 9.17) is 0 Å². The molecule has 6 heteroatoms. The molecule has 108 valence electrons. The van der Waals surface area contributed by atoms with E-state index in [0.29, 0.717) is 22.6 Å². The summed E-state index contributed by atoms with van der Waals surface area (Å²) in [7, 11) is 0. The number of hydrogen-bond donors (Lipinski definition) is 1. The molecule has 1 aromatic carbocycles. The zero-order valence-electron chi connectivity index (χ0n) is 11.3. The highest BCUT2D eigenvalue weighted by Crippen LogP contribution is 2.24. The van der Waals surface area contributed by atoms with Gasteiger partial charge in [-0.1, -0.05) is 0 Å². The predicted octanol–water partition coefficient (Wildman–Crippen LogP) is 3.04. The first-order chi connectivity index (χ1) is 10.6. The third-order valence-corrected chi connectivity index (χ3v) is 3.08. The average molecular weight is 295 g/mol. The van der Waals surface area contributed by atoms with Crippen LogP contribution in [0.5, 0.6) is 0 Å².